The first-order chi connectivity index (χ1) is 6.11. The molecule has 0 spiro atoms. The summed E-state index contributed by atoms with van der Waals surface area (Å²) in [4.78, 5) is 10.5. The van der Waals surface area contributed by atoms with Crippen LogP contribution in [0.3, 0.4) is 0 Å². The first kappa shape index (κ1) is 9.58. The Bertz CT molecular complexity index is 310. The molecule has 70 valence electrons. The van der Waals surface area contributed by atoms with E-state index >= 15 is 0 Å². The van der Waals surface area contributed by atoms with Crippen LogP contribution in [-0.2, 0) is 4.79 Å². The average Bonchev–Trinajstić information content (AvgIpc) is 2.03. The molecule has 1 aromatic carbocycles. The summed E-state index contributed by atoms with van der Waals surface area (Å²) in [6, 6.07) is 7.35. The van der Waals surface area contributed by atoms with Gasteiger partial charge in [0.1, 0.15) is 0 Å². The molecule has 3 N–H and O–H groups in total. The molecule has 0 amide bonds. The van der Waals surface area contributed by atoms with E-state index in [4.69, 9.17) is 10.8 Å². The molecule has 0 bridgehead atoms. The minimum atomic E-state index is -0.796. The van der Waals surface area contributed by atoms with Crippen LogP contribution in [0.25, 0.3) is 0 Å². The molecule has 1 aromatic rings. The van der Waals surface area contributed by atoms with Crippen molar-refractivity contribution >= 4 is 11.7 Å². The molecule has 1 rings (SSSR count). The monoisotopic (exact) mass is 179 g/mol. The quantitative estimate of drug-likeness (QED) is 0.696. The number of aliphatic carboxylic acids is 1. The summed E-state index contributed by atoms with van der Waals surface area (Å²) in [5.74, 6) is -0.825. The zero-order valence-electron chi connectivity index (χ0n) is 7.53. The SMILES string of the molecule is C[C@@H](CC(=O)O)c1ccccc1N. The molecule has 0 aliphatic heterocycles. The van der Waals surface area contributed by atoms with E-state index in [1.807, 2.05) is 25.1 Å². The largest absolute Gasteiger partial charge is 0.481 e. The predicted molar refractivity (Wildman–Crippen MR) is 51.5 cm³/mol. The summed E-state index contributed by atoms with van der Waals surface area (Å²) >= 11 is 0. The number of hydrogen-bond acceptors (Lipinski definition) is 2. The number of carbonyl (C=O) groups is 1. The topological polar surface area (TPSA) is 63.3 Å². The lowest BCUT2D eigenvalue weighted by Crippen LogP contribution is -2.05. The lowest BCUT2D eigenvalue weighted by Gasteiger charge is -2.11. The predicted octanol–water partition coefficient (Wildman–Crippen LogP) is 1.85. The summed E-state index contributed by atoms with van der Waals surface area (Å²) in [6.07, 6.45) is 0.119. The van der Waals surface area contributed by atoms with Gasteiger partial charge in [-0.25, -0.2) is 0 Å². The molecule has 0 fully saturated rings. The number of nitrogens with two attached hydrogens (primary N) is 1. The van der Waals surface area contributed by atoms with Gasteiger partial charge in [-0.15, -0.1) is 0 Å². The van der Waals surface area contributed by atoms with Crippen molar-refractivity contribution in [1.82, 2.24) is 0 Å². The van der Waals surface area contributed by atoms with Gasteiger partial charge < -0.3 is 10.8 Å². The standard InChI is InChI=1S/C10H13NO2/c1-7(6-10(12)13)8-4-2-3-5-9(8)11/h2-5,7H,6,11H2,1H3,(H,12,13)/t7-/m0/s1. The van der Waals surface area contributed by atoms with E-state index in [0.717, 1.165) is 5.56 Å². The van der Waals surface area contributed by atoms with Crippen LogP contribution in [0.1, 0.15) is 24.8 Å². The Morgan fingerprint density at radius 3 is 2.69 bits per heavy atom. The number of carboxylic acids is 1. The number of nitrogen functional groups attached to an aromatic ring is 1. The maximum absolute atomic E-state index is 10.5. The Balaban J connectivity index is 2.82. The molecule has 0 saturated carbocycles. The fraction of sp³-hybridized carbons (Fsp3) is 0.300. The van der Waals surface area contributed by atoms with Gasteiger partial charge in [-0.1, -0.05) is 25.1 Å². The molecule has 0 aliphatic rings. The van der Waals surface area contributed by atoms with Crippen LogP contribution in [0, 0.1) is 0 Å². The molecule has 13 heavy (non-hydrogen) atoms. The van der Waals surface area contributed by atoms with Gasteiger partial charge in [-0.05, 0) is 17.5 Å². The molecule has 3 heteroatoms. The van der Waals surface area contributed by atoms with Crippen molar-refractivity contribution in [2.45, 2.75) is 19.3 Å². The highest BCUT2D eigenvalue weighted by Crippen LogP contribution is 2.24. The smallest absolute Gasteiger partial charge is 0.303 e. The Morgan fingerprint density at radius 2 is 2.15 bits per heavy atom. The van der Waals surface area contributed by atoms with Gasteiger partial charge >= 0.3 is 5.97 Å². The highest BCUT2D eigenvalue weighted by atomic mass is 16.4. The first-order valence-corrected chi connectivity index (χ1v) is 4.17. The van der Waals surface area contributed by atoms with Gasteiger partial charge in [0.15, 0.2) is 0 Å². The zero-order chi connectivity index (χ0) is 9.84. The summed E-state index contributed by atoms with van der Waals surface area (Å²) < 4.78 is 0. The van der Waals surface area contributed by atoms with Gasteiger partial charge in [0, 0.05) is 5.69 Å². The summed E-state index contributed by atoms with van der Waals surface area (Å²) in [6.45, 7) is 1.86. The van der Waals surface area contributed by atoms with Crippen LogP contribution in [0.5, 0.6) is 0 Å². The Kier molecular flexibility index (Phi) is 2.90. The lowest BCUT2D eigenvalue weighted by molar-refractivity contribution is -0.137. The van der Waals surface area contributed by atoms with Gasteiger partial charge in [-0.3, -0.25) is 4.79 Å². The van der Waals surface area contributed by atoms with Gasteiger partial charge in [0.25, 0.3) is 0 Å². The third-order valence-electron chi connectivity index (χ3n) is 2.01. The maximum Gasteiger partial charge on any atom is 0.303 e. The molecular weight excluding hydrogens is 166 g/mol. The number of hydrogen-bond donors (Lipinski definition) is 2. The molecule has 0 unspecified atom stereocenters. The van der Waals surface area contributed by atoms with Crippen molar-refractivity contribution in [1.29, 1.82) is 0 Å². The molecular formula is C10H13NO2. The normalized spacial score (nSPS) is 12.4. The number of anilines is 1. The Hall–Kier alpha value is -1.51. The van der Waals surface area contributed by atoms with Gasteiger partial charge in [-0.2, -0.15) is 0 Å². The van der Waals surface area contributed by atoms with E-state index in [2.05, 4.69) is 0 Å². The van der Waals surface area contributed by atoms with Crippen molar-refractivity contribution in [3.05, 3.63) is 29.8 Å². The van der Waals surface area contributed by atoms with Crippen molar-refractivity contribution in [2.24, 2.45) is 0 Å². The third kappa shape index (κ3) is 2.47. The van der Waals surface area contributed by atoms with E-state index in [0.29, 0.717) is 5.69 Å². The summed E-state index contributed by atoms with van der Waals surface area (Å²) in [7, 11) is 0. The molecule has 1 atom stereocenters. The second-order valence-electron chi connectivity index (χ2n) is 3.13. The van der Waals surface area contributed by atoms with E-state index in [1.165, 1.54) is 0 Å². The van der Waals surface area contributed by atoms with Crippen LogP contribution in [0.2, 0.25) is 0 Å². The van der Waals surface area contributed by atoms with E-state index in [1.54, 1.807) is 6.07 Å². The average molecular weight is 179 g/mol. The molecule has 0 radical (unpaired) electrons. The molecule has 0 aliphatic carbocycles. The minimum Gasteiger partial charge on any atom is -0.481 e. The Morgan fingerprint density at radius 1 is 1.54 bits per heavy atom. The van der Waals surface area contributed by atoms with E-state index < -0.39 is 5.97 Å². The van der Waals surface area contributed by atoms with Crippen molar-refractivity contribution in [2.75, 3.05) is 5.73 Å². The molecule has 3 nitrogen and oxygen atoms in total. The lowest BCUT2D eigenvalue weighted by atomic mass is 9.96. The zero-order valence-corrected chi connectivity index (χ0v) is 7.53. The number of carboxylic acid groups (broad SMARTS) is 1. The van der Waals surface area contributed by atoms with Gasteiger partial charge in [0.05, 0.1) is 6.42 Å². The van der Waals surface area contributed by atoms with Crippen LogP contribution in [0.4, 0.5) is 5.69 Å². The fourth-order valence-electron chi connectivity index (χ4n) is 1.33. The second-order valence-corrected chi connectivity index (χ2v) is 3.13. The van der Waals surface area contributed by atoms with Crippen molar-refractivity contribution < 1.29 is 9.90 Å². The van der Waals surface area contributed by atoms with Crippen LogP contribution in [-0.4, -0.2) is 11.1 Å². The Labute approximate surface area is 77.2 Å². The summed E-state index contributed by atoms with van der Waals surface area (Å²) in [5.41, 5.74) is 7.27. The number of rotatable bonds is 3. The maximum atomic E-state index is 10.5. The second kappa shape index (κ2) is 3.94. The molecule has 0 heterocycles. The number of benzene rings is 1. The van der Waals surface area contributed by atoms with Crippen LogP contribution >= 0.6 is 0 Å². The summed E-state index contributed by atoms with van der Waals surface area (Å²) in [5, 5.41) is 8.60. The van der Waals surface area contributed by atoms with E-state index in [-0.39, 0.29) is 12.3 Å². The van der Waals surface area contributed by atoms with Crippen LogP contribution < -0.4 is 5.73 Å². The van der Waals surface area contributed by atoms with E-state index in [9.17, 15) is 4.79 Å². The molecule has 0 saturated heterocycles. The van der Waals surface area contributed by atoms with Gasteiger partial charge in [0.2, 0.25) is 0 Å². The minimum absolute atomic E-state index is 0.0290. The van der Waals surface area contributed by atoms with Crippen LogP contribution in [0.15, 0.2) is 24.3 Å². The highest BCUT2D eigenvalue weighted by molar-refractivity contribution is 5.68. The van der Waals surface area contributed by atoms with Crippen molar-refractivity contribution in [3.8, 4) is 0 Å². The third-order valence-corrected chi connectivity index (χ3v) is 2.01. The highest BCUT2D eigenvalue weighted by Gasteiger charge is 2.11. The first-order valence-electron chi connectivity index (χ1n) is 4.17. The fourth-order valence-corrected chi connectivity index (χ4v) is 1.33. The molecule has 0 aromatic heterocycles. The number of para-hydroxylation sites is 1. The van der Waals surface area contributed by atoms with Crippen molar-refractivity contribution in [3.63, 3.8) is 0 Å².